The van der Waals surface area contributed by atoms with Gasteiger partial charge in [-0.3, -0.25) is 0 Å². The van der Waals surface area contributed by atoms with E-state index < -0.39 is 5.97 Å². The monoisotopic (exact) mass is 351 g/mol. The average Bonchev–Trinajstić information content (AvgIpc) is 2.92. The van der Waals surface area contributed by atoms with Crippen molar-refractivity contribution in [2.75, 3.05) is 13.7 Å². The van der Waals surface area contributed by atoms with Crippen molar-refractivity contribution in [1.29, 1.82) is 0 Å². The first-order valence-electron chi connectivity index (χ1n) is 8.89. The quantitative estimate of drug-likeness (QED) is 0.882. The summed E-state index contributed by atoms with van der Waals surface area (Å²) in [6, 6.07) is 18.7. The first-order valence-corrected chi connectivity index (χ1v) is 8.89. The molecule has 0 radical (unpaired) electrons. The predicted octanol–water partition coefficient (Wildman–Crippen LogP) is 4.06. The summed E-state index contributed by atoms with van der Waals surface area (Å²) < 4.78 is 5.44. The van der Waals surface area contributed by atoms with Crippen LogP contribution in [0, 0.1) is 0 Å². The van der Waals surface area contributed by atoms with Gasteiger partial charge >= 0.3 is 5.97 Å². The number of carboxylic acid groups (broad SMARTS) is 1. The molecule has 0 spiro atoms. The van der Waals surface area contributed by atoms with Crippen LogP contribution in [0.3, 0.4) is 0 Å². The van der Waals surface area contributed by atoms with Crippen molar-refractivity contribution >= 4 is 5.97 Å². The lowest BCUT2D eigenvalue weighted by molar-refractivity contribution is -0.139. The number of likely N-dealkylation sites (tertiary alicyclic amines) is 1. The second-order valence-electron chi connectivity index (χ2n) is 6.82. The van der Waals surface area contributed by atoms with Crippen molar-refractivity contribution in [3.8, 4) is 5.75 Å². The number of likely N-dealkylation sites (N-methyl/N-ethyl adjacent to an activating group) is 1. The van der Waals surface area contributed by atoms with Gasteiger partial charge in [-0.1, -0.05) is 48.5 Å². The molecule has 0 saturated carbocycles. The third kappa shape index (κ3) is 3.07. The lowest BCUT2D eigenvalue weighted by Crippen LogP contribution is -2.29. The van der Waals surface area contributed by atoms with Crippen LogP contribution in [0.5, 0.6) is 5.75 Å². The van der Waals surface area contributed by atoms with E-state index >= 15 is 0 Å². The second-order valence-corrected chi connectivity index (χ2v) is 6.82. The molecule has 26 heavy (non-hydrogen) atoms. The molecule has 2 aromatic rings. The minimum absolute atomic E-state index is 0.271. The minimum atomic E-state index is -0.975. The summed E-state index contributed by atoms with van der Waals surface area (Å²) in [6.45, 7) is 3.97. The van der Waals surface area contributed by atoms with Crippen molar-refractivity contribution in [1.82, 2.24) is 4.90 Å². The fourth-order valence-electron chi connectivity index (χ4n) is 4.09. The molecular formula is C22H25NO3. The Morgan fingerprint density at radius 2 is 1.92 bits per heavy atom. The van der Waals surface area contributed by atoms with Crippen LogP contribution < -0.4 is 4.74 Å². The van der Waals surface area contributed by atoms with Gasteiger partial charge in [-0.15, -0.1) is 0 Å². The summed E-state index contributed by atoms with van der Waals surface area (Å²) in [5, 5.41) is 8.89. The van der Waals surface area contributed by atoms with Gasteiger partial charge in [0, 0.05) is 18.8 Å². The number of carboxylic acids is 1. The summed E-state index contributed by atoms with van der Waals surface area (Å²) in [5.41, 5.74) is 3.34. The maximum Gasteiger partial charge on any atom is 0.341 e. The molecule has 4 nitrogen and oxygen atoms in total. The largest absolute Gasteiger partial charge is 0.482 e. The lowest BCUT2D eigenvalue weighted by atomic mass is 9.70. The number of allylic oxidation sites excluding steroid dienone is 2. The lowest BCUT2D eigenvalue weighted by Gasteiger charge is -2.33. The van der Waals surface area contributed by atoms with Crippen LogP contribution in [0.15, 0.2) is 66.4 Å². The SMILES string of the molecule is CC=C1N(C)C(C)CC1(c1ccccc1)c1cccc(OCC(=O)O)c1. The summed E-state index contributed by atoms with van der Waals surface area (Å²) in [4.78, 5) is 13.2. The Balaban J connectivity index is 2.14. The molecule has 2 atom stereocenters. The molecule has 1 fully saturated rings. The molecule has 2 aromatic carbocycles. The molecule has 1 aliphatic heterocycles. The summed E-state index contributed by atoms with van der Waals surface area (Å²) in [5.74, 6) is -0.394. The fourth-order valence-corrected chi connectivity index (χ4v) is 4.09. The molecule has 1 saturated heterocycles. The van der Waals surface area contributed by atoms with Gasteiger partial charge < -0.3 is 14.7 Å². The average molecular weight is 351 g/mol. The highest BCUT2D eigenvalue weighted by atomic mass is 16.5. The number of ether oxygens (including phenoxy) is 1. The normalized spacial score (nSPS) is 24.0. The number of hydrogen-bond donors (Lipinski definition) is 1. The molecular weight excluding hydrogens is 326 g/mol. The van der Waals surface area contributed by atoms with Crippen LogP contribution in [-0.4, -0.2) is 35.7 Å². The van der Waals surface area contributed by atoms with Crippen LogP contribution in [0.25, 0.3) is 0 Å². The van der Waals surface area contributed by atoms with E-state index in [-0.39, 0.29) is 12.0 Å². The Morgan fingerprint density at radius 3 is 2.58 bits per heavy atom. The summed E-state index contributed by atoms with van der Waals surface area (Å²) in [6.07, 6.45) is 3.14. The Bertz CT molecular complexity index is 815. The molecule has 0 amide bonds. The maximum absolute atomic E-state index is 10.8. The zero-order valence-corrected chi connectivity index (χ0v) is 15.5. The summed E-state index contributed by atoms with van der Waals surface area (Å²) in [7, 11) is 2.13. The number of aliphatic carboxylic acids is 1. The van der Waals surface area contributed by atoms with E-state index in [4.69, 9.17) is 9.84 Å². The van der Waals surface area contributed by atoms with E-state index in [9.17, 15) is 4.79 Å². The molecule has 136 valence electrons. The van der Waals surface area contributed by atoms with Gasteiger partial charge in [0.25, 0.3) is 0 Å². The molecule has 0 aliphatic carbocycles. The number of nitrogens with zero attached hydrogens (tertiary/aromatic N) is 1. The number of rotatable bonds is 5. The Morgan fingerprint density at radius 1 is 1.23 bits per heavy atom. The van der Waals surface area contributed by atoms with Crippen LogP contribution in [0.1, 0.15) is 31.4 Å². The van der Waals surface area contributed by atoms with Crippen LogP contribution in [0.4, 0.5) is 0 Å². The smallest absolute Gasteiger partial charge is 0.341 e. The fraction of sp³-hybridized carbons (Fsp3) is 0.318. The van der Waals surface area contributed by atoms with Gasteiger partial charge in [0.1, 0.15) is 5.75 Å². The molecule has 3 rings (SSSR count). The second kappa shape index (κ2) is 7.24. The Labute approximate surface area is 154 Å². The third-order valence-electron chi connectivity index (χ3n) is 5.31. The van der Waals surface area contributed by atoms with Gasteiger partial charge in [0.05, 0.1) is 5.41 Å². The van der Waals surface area contributed by atoms with Crippen molar-refractivity contribution in [2.45, 2.75) is 31.7 Å². The molecule has 2 unspecified atom stereocenters. The Hall–Kier alpha value is -2.75. The van der Waals surface area contributed by atoms with Crippen molar-refractivity contribution in [2.24, 2.45) is 0 Å². The van der Waals surface area contributed by atoms with E-state index in [0.717, 1.165) is 12.0 Å². The third-order valence-corrected chi connectivity index (χ3v) is 5.31. The summed E-state index contributed by atoms with van der Waals surface area (Å²) >= 11 is 0. The number of carbonyl (C=O) groups is 1. The maximum atomic E-state index is 10.8. The first kappa shape index (κ1) is 18.1. The molecule has 0 aromatic heterocycles. The number of benzene rings is 2. The van der Waals surface area contributed by atoms with Gasteiger partial charge in [-0.25, -0.2) is 4.79 Å². The van der Waals surface area contributed by atoms with Crippen LogP contribution in [0.2, 0.25) is 0 Å². The Kier molecular flexibility index (Phi) is 5.03. The highest BCUT2D eigenvalue weighted by Crippen LogP contribution is 2.50. The van der Waals surface area contributed by atoms with Crippen molar-refractivity contribution < 1.29 is 14.6 Å². The van der Waals surface area contributed by atoms with Gasteiger partial charge in [0.2, 0.25) is 0 Å². The first-order chi connectivity index (χ1) is 12.5. The van der Waals surface area contributed by atoms with E-state index in [1.165, 1.54) is 11.3 Å². The predicted molar refractivity (Wildman–Crippen MR) is 102 cm³/mol. The zero-order chi connectivity index (χ0) is 18.7. The van der Waals surface area contributed by atoms with Gasteiger partial charge in [-0.05, 0) is 43.5 Å². The highest BCUT2D eigenvalue weighted by molar-refractivity contribution is 5.68. The van der Waals surface area contributed by atoms with E-state index in [1.54, 1.807) is 0 Å². The van der Waals surface area contributed by atoms with Gasteiger partial charge in [-0.2, -0.15) is 0 Å². The standard InChI is InChI=1S/C22H25NO3/c1-4-20-22(14-16(2)23(20)3,17-9-6-5-7-10-17)18-11-8-12-19(13-18)26-15-21(24)25/h4-13,16H,14-15H2,1-3H3,(H,24,25). The molecule has 0 bridgehead atoms. The minimum Gasteiger partial charge on any atom is -0.482 e. The molecule has 4 heteroatoms. The molecule has 1 aliphatic rings. The highest BCUT2D eigenvalue weighted by Gasteiger charge is 2.47. The topological polar surface area (TPSA) is 49.8 Å². The molecule has 1 heterocycles. The zero-order valence-electron chi connectivity index (χ0n) is 15.5. The number of hydrogen-bond acceptors (Lipinski definition) is 3. The van der Waals surface area contributed by atoms with Crippen LogP contribution in [-0.2, 0) is 10.2 Å². The van der Waals surface area contributed by atoms with E-state index in [1.807, 2.05) is 24.3 Å². The van der Waals surface area contributed by atoms with E-state index in [0.29, 0.717) is 11.8 Å². The van der Waals surface area contributed by atoms with Crippen molar-refractivity contribution in [3.05, 3.63) is 77.5 Å². The van der Waals surface area contributed by atoms with Crippen LogP contribution >= 0.6 is 0 Å². The van der Waals surface area contributed by atoms with Gasteiger partial charge in [0.15, 0.2) is 6.61 Å². The van der Waals surface area contributed by atoms with Crippen molar-refractivity contribution in [3.63, 3.8) is 0 Å². The van der Waals surface area contributed by atoms with E-state index in [2.05, 4.69) is 62.2 Å². The molecule has 1 N–H and O–H groups in total.